The molecule has 3 saturated carbocycles. The Morgan fingerprint density at radius 3 is 2.66 bits per heavy atom. The molecule has 3 aromatic heterocycles. The predicted octanol–water partition coefficient (Wildman–Crippen LogP) is 3.98. The zero-order chi connectivity index (χ0) is 20.1. The Morgan fingerprint density at radius 2 is 1.90 bits per heavy atom. The highest BCUT2D eigenvalue weighted by Gasteiger charge is 2.47. The molecule has 3 fully saturated rings. The first-order valence-electron chi connectivity index (χ1n) is 9.88. The molecule has 6 nitrogen and oxygen atoms in total. The number of pyridine rings is 1. The number of aromatic amines is 1. The van der Waals surface area contributed by atoms with Crippen molar-refractivity contribution in [2.75, 3.05) is 0 Å². The third kappa shape index (κ3) is 3.07. The fourth-order valence-corrected chi connectivity index (χ4v) is 5.33. The van der Waals surface area contributed by atoms with Gasteiger partial charge in [-0.05, 0) is 49.5 Å². The van der Waals surface area contributed by atoms with E-state index in [2.05, 4.69) is 19.9 Å². The van der Waals surface area contributed by atoms with E-state index in [1.165, 1.54) is 6.07 Å². The normalized spacial score (nSPS) is 26.1. The topological polar surface area (TPSA) is 91.8 Å². The van der Waals surface area contributed by atoms with Gasteiger partial charge in [0.2, 0.25) is 0 Å². The molecule has 3 heterocycles. The summed E-state index contributed by atoms with van der Waals surface area (Å²) in [5.74, 6) is -1.37. The summed E-state index contributed by atoms with van der Waals surface area (Å²) in [7, 11) is 0. The Bertz CT molecular complexity index is 1090. The van der Waals surface area contributed by atoms with Crippen molar-refractivity contribution >= 4 is 17.0 Å². The van der Waals surface area contributed by atoms with Crippen LogP contribution in [0.4, 0.5) is 8.78 Å². The van der Waals surface area contributed by atoms with Crippen LogP contribution in [0, 0.1) is 35.3 Å². The fraction of sp³-hybridized carbons (Fsp3) is 0.429. The van der Waals surface area contributed by atoms with Gasteiger partial charge in [0, 0.05) is 23.6 Å². The van der Waals surface area contributed by atoms with Crippen LogP contribution < -0.4 is 0 Å². The molecule has 0 radical (unpaired) electrons. The number of nitrogens with zero attached hydrogens (tertiary/aromatic N) is 3. The van der Waals surface area contributed by atoms with Crippen molar-refractivity contribution in [3.63, 3.8) is 0 Å². The summed E-state index contributed by atoms with van der Waals surface area (Å²) in [5, 5.41) is 10.2. The number of halogens is 2. The van der Waals surface area contributed by atoms with Gasteiger partial charge < -0.3 is 10.1 Å². The molecule has 8 heteroatoms. The largest absolute Gasteiger partial charge is 0.481 e. The van der Waals surface area contributed by atoms with Crippen LogP contribution in [-0.4, -0.2) is 31.0 Å². The molecule has 3 aromatic rings. The number of nitrogens with one attached hydrogen (secondary N) is 1. The summed E-state index contributed by atoms with van der Waals surface area (Å²) in [4.78, 5) is 27.3. The van der Waals surface area contributed by atoms with Gasteiger partial charge in [0.25, 0.3) is 0 Å². The van der Waals surface area contributed by atoms with Gasteiger partial charge in [-0.2, -0.15) is 0 Å². The van der Waals surface area contributed by atoms with Crippen molar-refractivity contribution in [3.8, 4) is 11.3 Å². The zero-order valence-electron chi connectivity index (χ0n) is 15.6. The van der Waals surface area contributed by atoms with Gasteiger partial charge in [-0.25, -0.2) is 23.7 Å². The third-order valence-corrected chi connectivity index (χ3v) is 6.64. The van der Waals surface area contributed by atoms with Gasteiger partial charge in [-0.1, -0.05) is 0 Å². The van der Waals surface area contributed by atoms with Gasteiger partial charge in [-0.15, -0.1) is 0 Å². The summed E-state index contributed by atoms with van der Waals surface area (Å²) in [6.07, 6.45) is 8.13. The fourth-order valence-electron chi connectivity index (χ4n) is 5.33. The van der Waals surface area contributed by atoms with E-state index in [1.54, 1.807) is 6.20 Å². The van der Waals surface area contributed by atoms with Gasteiger partial charge in [0.1, 0.15) is 23.0 Å². The molecule has 0 amide bonds. The number of rotatable bonds is 4. The van der Waals surface area contributed by atoms with E-state index in [4.69, 9.17) is 0 Å². The third-order valence-electron chi connectivity index (χ3n) is 6.64. The van der Waals surface area contributed by atoms with Crippen LogP contribution in [0.5, 0.6) is 0 Å². The molecule has 0 spiro atoms. The number of hydrogen-bond donors (Lipinski definition) is 2. The number of fused-ring (bicyclic) bond motifs is 4. The van der Waals surface area contributed by atoms with E-state index in [1.807, 2.05) is 0 Å². The van der Waals surface area contributed by atoms with Crippen LogP contribution in [0.3, 0.4) is 0 Å². The molecule has 6 rings (SSSR count). The summed E-state index contributed by atoms with van der Waals surface area (Å²) in [6, 6.07) is 1.29. The summed E-state index contributed by atoms with van der Waals surface area (Å²) < 4.78 is 28.2. The second-order valence-electron chi connectivity index (χ2n) is 8.14. The predicted molar refractivity (Wildman–Crippen MR) is 101 cm³/mol. The summed E-state index contributed by atoms with van der Waals surface area (Å²) >= 11 is 0. The van der Waals surface area contributed by atoms with E-state index in [0.29, 0.717) is 34.8 Å². The van der Waals surface area contributed by atoms with Crippen LogP contribution in [-0.2, 0) is 11.2 Å². The maximum atomic E-state index is 14.5. The van der Waals surface area contributed by atoms with Gasteiger partial charge in [0.05, 0.1) is 18.3 Å². The zero-order valence-corrected chi connectivity index (χ0v) is 15.6. The van der Waals surface area contributed by atoms with E-state index in [0.717, 1.165) is 38.1 Å². The highest BCUT2D eigenvalue weighted by atomic mass is 19.1. The van der Waals surface area contributed by atoms with E-state index >= 15 is 0 Å². The quantitative estimate of drug-likeness (QED) is 0.694. The maximum Gasteiger partial charge on any atom is 0.307 e. The average Bonchev–Trinajstić information content (AvgIpc) is 3.13. The molecular weight excluding hydrogens is 378 g/mol. The van der Waals surface area contributed by atoms with Crippen LogP contribution in [0.1, 0.15) is 31.5 Å². The maximum absolute atomic E-state index is 14.5. The van der Waals surface area contributed by atoms with Gasteiger partial charge in [-0.3, -0.25) is 4.79 Å². The minimum Gasteiger partial charge on any atom is -0.481 e. The van der Waals surface area contributed by atoms with Crippen molar-refractivity contribution in [2.24, 2.45) is 23.7 Å². The number of hydrogen-bond acceptors (Lipinski definition) is 4. The molecule has 0 aromatic carbocycles. The standard InChI is InChI=1S/C21H20F2N4O2/c22-12-5-14-15(8-26-20(14)25-7-12)19-16(23)9-24-17(27-19)6-13-10-1-3-11(4-2-10)18(13)21(28)29/h5,7-11,13,18H,1-4,6H2,(H,25,26)(H,28,29)/t10?,11?,13-,18-/m1/s1. The lowest BCUT2D eigenvalue weighted by molar-refractivity contribution is -0.152. The lowest BCUT2D eigenvalue weighted by Gasteiger charge is -2.46. The Kier molecular flexibility index (Phi) is 4.29. The van der Waals surface area contributed by atoms with Crippen molar-refractivity contribution in [1.29, 1.82) is 0 Å². The molecule has 2 bridgehead atoms. The molecule has 3 aliphatic rings. The molecular formula is C21H20F2N4O2. The van der Waals surface area contributed by atoms with Gasteiger partial charge in [0.15, 0.2) is 5.82 Å². The first-order chi connectivity index (χ1) is 14.0. The number of carbonyl (C=O) groups is 1. The van der Waals surface area contributed by atoms with Crippen molar-refractivity contribution < 1.29 is 18.7 Å². The molecule has 29 heavy (non-hydrogen) atoms. The summed E-state index contributed by atoms with van der Waals surface area (Å²) in [6.45, 7) is 0. The van der Waals surface area contributed by atoms with Crippen LogP contribution >= 0.6 is 0 Å². The summed E-state index contributed by atoms with van der Waals surface area (Å²) in [5.41, 5.74) is 0.922. The number of carboxylic acids is 1. The number of carboxylic acid groups (broad SMARTS) is 1. The Balaban J connectivity index is 1.51. The number of aliphatic carboxylic acids is 1. The van der Waals surface area contributed by atoms with E-state index in [9.17, 15) is 18.7 Å². The Morgan fingerprint density at radius 1 is 1.14 bits per heavy atom. The van der Waals surface area contributed by atoms with Crippen molar-refractivity contribution in [1.82, 2.24) is 19.9 Å². The van der Waals surface area contributed by atoms with Crippen molar-refractivity contribution in [3.05, 3.63) is 42.1 Å². The van der Waals surface area contributed by atoms with Crippen LogP contribution in [0.15, 0.2) is 24.7 Å². The molecule has 3 aliphatic carbocycles. The second kappa shape index (κ2) is 6.86. The monoisotopic (exact) mass is 398 g/mol. The highest BCUT2D eigenvalue weighted by Crippen LogP contribution is 2.50. The Hall–Kier alpha value is -2.90. The SMILES string of the molecule is O=C(O)[C@@H]1C2CCC(CC2)[C@H]1Cc1ncc(F)c(-c2c[nH]c3ncc(F)cc23)n1. The Labute approximate surface area is 165 Å². The lowest BCUT2D eigenvalue weighted by Crippen LogP contribution is -2.45. The van der Waals surface area contributed by atoms with E-state index in [-0.39, 0.29) is 17.5 Å². The van der Waals surface area contributed by atoms with Crippen LogP contribution in [0.2, 0.25) is 0 Å². The minimum absolute atomic E-state index is 0.0413. The molecule has 0 saturated heterocycles. The molecule has 0 unspecified atom stereocenters. The average molecular weight is 398 g/mol. The van der Waals surface area contributed by atoms with Crippen LogP contribution in [0.25, 0.3) is 22.3 Å². The number of aromatic nitrogens is 4. The lowest BCUT2D eigenvalue weighted by atomic mass is 9.57. The first-order valence-corrected chi connectivity index (χ1v) is 9.88. The highest BCUT2D eigenvalue weighted by molar-refractivity contribution is 5.92. The molecule has 2 N–H and O–H groups in total. The first kappa shape index (κ1) is 18.1. The molecule has 150 valence electrons. The molecule has 0 aliphatic heterocycles. The van der Waals surface area contributed by atoms with Crippen molar-refractivity contribution in [2.45, 2.75) is 32.1 Å². The second-order valence-corrected chi connectivity index (χ2v) is 8.14. The minimum atomic E-state index is -0.759. The number of H-pyrrole nitrogens is 1. The smallest absolute Gasteiger partial charge is 0.307 e. The van der Waals surface area contributed by atoms with E-state index < -0.39 is 23.5 Å². The van der Waals surface area contributed by atoms with Gasteiger partial charge >= 0.3 is 5.97 Å². The molecule has 2 atom stereocenters.